The van der Waals surface area contributed by atoms with Gasteiger partial charge in [-0.3, -0.25) is 4.79 Å². The predicted molar refractivity (Wildman–Crippen MR) is 101 cm³/mol. The number of carbonyl (C=O) groups excluding carboxylic acids is 1. The van der Waals surface area contributed by atoms with Crippen LogP contribution in [0.3, 0.4) is 0 Å². The Balaban J connectivity index is 1.63. The highest BCUT2D eigenvalue weighted by molar-refractivity contribution is 5.97. The van der Waals surface area contributed by atoms with E-state index in [9.17, 15) is 4.79 Å². The largest absolute Gasteiger partial charge is 0.488 e. The summed E-state index contributed by atoms with van der Waals surface area (Å²) in [6.45, 7) is 0.467. The quantitative estimate of drug-likeness (QED) is 0.823. The molecular weight excluding hydrogens is 310 g/mol. The Labute approximate surface area is 150 Å². The first-order valence-corrected chi connectivity index (χ1v) is 9.39. The number of ether oxygens (including phenoxy) is 1. The van der Waals surface area contributed by atoms with Gasteiger partial charge in [0.1, 0.15) is 12.4 Å². The molecule has 25 heavy (non-hydrogen) atoms. The minimum Gasteiger partial charge on any atom is -0.488 e. The molecule has 1 amide bonds. The van der Waals surface area contributed by atoms with Gasteiger partial charge in [0.2, 0.25) is 0 Å². The van der Waals surface area contributed by atoms with Crippen molar-refractivity contribution in [3.63, 3.8) is 0 Å². The smallest absolute Gasteiger partial charge is 0.255 e. The van der Waals surface area contributed by atoms with E-state index < -0.39 is 0 Å². The van der Waals surface area contributed by atoms with Gasteiger partial charge in [0.25, 0.3) is 5.91 Å². The Kier molecular flexibility index (Phi) is 6.49. The summed E-state index contributed by atoms with van der Waals surface area (Å²) in [4.78, 5) is 12.8. The first-order chi connectivity index (χ1) is 12.3. The predicted octanol–water partition coefficient (Wildman–Crippen LogP) is 5.11. The Bertz CT molecular complexity index is 661. The summed E-state index contributed by atoms with van der Waals surface area (Å²) in [5.74, 6) is 0.629. The number of hydrogen-bond acceptors (Lipinski definition) is 2. The Morgan fingerprint density at radius 3 is 2.28 bits per heavy atom. The fourth-order valence-electron chi connectivity index (χ4n) is 3.38. The Morgan fingerprint density at radius 1 is 0.880 bits per heavy atom. The fraction of sp³-hybridized carbons (Fsp3) is 0.409. The van der Waals surface area contributed by atoms with Gasteiger partial charge in [-0.1, -0.05) is 74.6 Å². The third kappa shape index (κ3) is 5.35. The van der Waals surface area contributed by atoms with E-state index in [0.717, 1.165) is 18.4 Å². The molecule has 3 heteroatoms. The van der Waals surface area contributed by atoms with Crippen molar-refractivity contribution in [1.29, 1.82) is 0 Å². The molecule has 0 spiro atoms. The van der Waals surface area contributed by atoms with Gasteiger partial charge in [-0.15, -0.1) is 0 Å². The van der Waals surface area contributed by atoms with E-state index in [1.165, 1.54) is 32.1 Å². The summed E-state index contributed by atoms with van der Waals surface area (Å²) in [6, 6.07) is 17.8. The first-order valence-electron chi connectivity index (χ1n) is 9.39. The van der Waals surface area contributed by atoms with E-state index in [4.69, 9.17) is 4.74 Å². The lowest BCUT2D eigenvalue weighted by molar-refractivity contribution is 0.0926. The first kappa shape index (κ1) is 17.5. The maximum absolute atomic E-state index is 12.8. The lowest BCUT2D eigenvalue weighted by Gasteiger charge is -2.21. The second kappa shape index (κ2) is 9.26. The maximum Gasteiger partial charge on any atom is 0.255 e. The van der Waals surface area contributed by atoms with Gasteiger partial charge in [-0.25, -0.2) is 0 Å². The molecule has 1 aliphatic rings. The lowest BCUT2D eigenvalue weighted by atomic mass is 9.96. The molecule has 0 aliphatic heterocycles. The topological polar surface area (TPSA) is 38.3 Å². The van der Waals surface area contributed by atoms with Crippen LogP contribution in [0.1, 0.15) is 60.9 Å². The molecule has 2 aromatic rings. The van der Waals surface area contributed by atoms with Crippen molar-refractivity contribution in [2.24, 2.45) is 0 Å². The zero-order valence-electron chi connectivity index (χ0n) is 14.7. The van der Waals surface area contributed by atoms with Crippen molar-refractivity contribution < 1.29 is 9.53 Å². The van der Waals surface area contributed by atoms with E-state index in [2.05, 4.69) is 5.32 Å². The minimum absolute atomic E-state index is 0.0192. The molecular formula is C22H27NO2. The van der Waals surface area contributed by atoms with E-state index in [1.807, 2.05) is 54.6 Å². The van der Waals surface area contributed by atoms with Crippen molar-refractivity contribution in [2.75, 3.05) is 0 Å². The normalized spacial score (nSPS) is 15.8. The van der Waals surface area contributed by atoms with E-state index in [-0.39, 0.29) is 11.9 Å². The van der Waals surface area contributed by atoms with Crippen LogP contribution in [0.4, 0.5) is 0 Å². The number of rotatable bonds is 5. The fourth-order valence-corrected chi connectivity index (χ4v) is 3.38. The Hall–Kier alpha value is -2.29. The number of amides is 1. The summed E-state index contributed by atoms with van der Waals surface area (Å²) in [6.07, 6.45) is 8.47. The molecule has 3 rings (SSSR count). The monoisotopic (exact) mass is 337 g/mol. The standard InChI is InChI=1S/C22H27NO2/c24-22(23-19-13-7-2-1-3-8-14-19)20-15-9-10-16-21(20)25-17-18-11-5-4-6-12-18/h4-6,9-12,15-16,19H,1-3,7-8,13-14,17H2,(H,23,24). The van der Waals surface area contributed by atoms with Crippen LogP contribution in [0.25, 0.3) is 0 Å². The molecule has 0 heterocycles. The SMILES string of the molecule is O=C(NC1CCCCCCC1)c1ccccc1OCc1ccccc1. The zero-order chi connectivity index (χ0) is 17.3. The molecule has 0 aromatic heterocycles. The van der Waals surface area contributed by atoms with Crippen LogP contribution in [-0.4, -0.2) is 11.9 Å². The summed E-state index contributed by atoms with van der Waals surface area (Å²) in [5, 5.41) is 3.22. The average molecular weight is 337 g/mol. The molecule has 1 fully saturated rings. The molecule has 0 saturated heterocycles. The molecule has 0 radical (unpaired) electrons. The third-order valence-electron chi connectivity index (χ3n) is 4.81. The van der Waals surface area contributed by atoms with Crippen LogP contribution in [-0.2, 0) is 6.61 Å². The molecule has 132 valence electrons. The van der Waals surface area contributed by atoms with Crippen LogP contribution < -0.4 is 10.1 Å². The number of nitrogens with one attached hydrogen (secondary N) is 1. The third-order valence-corrected chi connectivity index (χ3v) is 4.81. The van der Waals surface area contributed by atoms with E-state index >= 15 is 0 Å². The molecule has 2 aromatic carbocycles. The van der Waals surface area contributed by atoms with Gasteiger partial charge < -0.3 is 10.1 Å². The second-order valence-electron chi connectivity index (χ2n) is 6.79. The maximum atomic E-state index is 12.8. The van der Waals surface area contributed by atoms with Gasteiger partial charge in [-0.2, -0.15) is 0 Å². The summed E-state index contributed by atoms with van der Waals surface area (Å²) >= 11 is 0. The van der Waals surface area contributed by atoms with E-state index in [0.29, 0.717) is 17.9 Å². The highest BCUT2D eigenvalue weighted by Crippen LogP contribution is 2.21. The number of para-hydroxylation sites is 1. The molecule has 0 atom stereocenters. The van der Waals surface area contributed by atoms with Gasteiger partial charge in [0.05, 0.1) is 5.56 Å². The summed E-state index contributed by atoms with van der Waals surface area (Å²) < 4.78 is 5.92. The molecule has 0 unspecified atom stereocenters. The van der Waals surface area contributed by atoms with Crippen molar-refractivity contribution in [2.45, 2.75) is 57.6 Å². The molecule has 0 bridgehead atoms. The van der Waals surface area contributed by atoms with Gasteiger partial charge in [0, 0.05) is 6.04 Å². The lowest BCUT2D eigenvalue weighted by Crippen LogP contribution is -2.35. The number of hydrogen-bond donors (Lipinski definition) is 1. The minimum atomic E-state index is -0.0192. The van der Waals surface area contributed by atoms with Crippen molar-refractivity contribution >= 4 is 5.91 Å². The highest BCUT2D eigenvalue weighted by Gasteiger charge is 2.17. The van der Waals surface area contributed by atoms with Crippen LogP contribution in [0.15, 0.2) is 54.6 Å². The number of carbonyl (C=O) groups is 1. The van der Waals surface area contributed by atoms with Gasteiger partial charge >= 0.3 is 0 Å². The van der Waals surface area contributed by atoms with Crippen molar-refractivity contribution in [3.8, 4) is 5.75 Å². The molecule has 3 nitrogen and oxygen atoms in total. The van der Waals surface area contributed by atoms with Gasteiger partial charge in [-0.05, 0) is 30.5 Å². The van der Waals surface area contributed by atoms with Crippen LogP contribution >= 0.6 is 0 Å². The zero-order valence-corrected chi connectivity index (χ0v) is 14.7. The van der Waals surface area contributed by atoms with Crippen LogP contribution in [0.2, 0.25) is 0 Å². The van der Waals surface area contributed by atoms with Crippen molar-refractivity contribution in [3.05, 3.63) is 65.7 Å². The van der Waals surface area contributed by atoms with Gasteiger partial charge in [0.15, 0.2) is 0 Å². The summed E-state index contributed by atoms with van der Waals surface area (Å²) in [5.41, 5.74) is 1.72. The average Bonchev–Trinajstić information content (AvgIpc) is 2.63. The van der Waals surface area contributed by atoms with Crippen LogP contribution in [0, 0.1) is 0 Å². The molecule has 1 aliphatic carbocycles. The second-order valence-corrected chi connectivity index (χ2v) is 6.79. The van der Waals surface area contributed by atoms with Crippen LogP contribution in [0.5, 0.6) is 5.75 Å². The summed E-state index contributed by atoms with van der Waals surface area (Å²) in [7, 11) is 0. The molecule has 1 N–H and O–H groups in total. The number of benzene rings is 2. The Morgan fingerprint density at radius 2 is 1.52 bits per heavy atom. The molecule has 1 saturated carbocycles. The van der Waals surface area contributed by atoms with E-state index in [1.54, 1.807) is 0 Å². The highest BCUT2D eigenvalue weighted by atomic mass is 16.5. The van der Waals surface area contributed by atoms with Crippen molar-refractivity contribution in [1.82, 2.24) is 5.32 Å².